The molecule has 12 aromatic rings. The molecule has 750 valence electrons. The average Bonchev–Trinajstić information content (AvgIpc) is 0.793. The molecule has 0 atom stereocenters. The molecule has 0 radical (unpaired) electrons. The number of hydrogen-bond donors (Lipinski definition) is 4. The number of ketones is 5. The van der Waals surface area contributed by atoms with E-state index in [0.717, 1.165) is 145 Å². The van der Waals surface area contributed by atoms with Gasteiger partial charge in [-0.2, -0.15) is 15.0 Å². The Kier molecular flexibility index (Phi) is 43.7. The van der Waals surface area contributed by atoms with Crippen molar-refractivity contribution in [2.24, 2.45) is 28.2 Å². The number of aryl methyl sites for hydroxylation is 4. The lowest BCUT2D eigenvalue weighted by atomic mass is 10.1. The summed E-state index contributed by atoms with van der Waals surface area (Å²) in [5.41, 5.74) is 4.81. The van der Waals surface area contributed by atoms with E-state index >= 15 is 0 Å². The Hall–Kier alpha value is -12.8. The number of Topliss-reactive ketones (excluding diaryl/α,β-unsaturated/α-hetero) is 5. The number of fused-ring (bicyclic) bond motifs is 4. The monoisotopic (exact) mass is 2000 g/mol. The molecule has 33 nitrogen and oxygen atoms in total. The molecule has 4 saturated heterocycles. The van der Waals surface area contributed by atoms with E-state index in [1.54, 1.807) is 84.8 Å². The summed E-state index contributed by atoms with van der Waals surface area (Å²) in [7, 11) is 8.81. The summed E-state index contributed by atoms with van der Waals surface area (Å²) in [6.07, 6.45) is 16.2. The summed E-state index contributed by atoms with van der Waals surface area (Å²) in [4.78, 5) is 151. The molecule has 16 rings (SSSR count). The fourth-order valence-electron chi connectivity index (χ4n) is 15.3. The van der Waals surface area contributed by atoms with E-state index in [9.17, 15) is 43.2 Å². The smallest absolute Gasteiger partial charge is 0.293 e. The van der Waals surface area contributed by atoms with Gasteiger partial charge in [0.25, 0.3) is 22.2 Å². The number of benzene rings is 4. The number of piperazine rings is 1. The Bertz CT molecular complexity index is 6520. The lowest BCUT2D eigenvalue weighted by Gasteiger charge is -2.32. The number of ether oxygens (including phenoxy) is 4. The minimum absolute atomic E-state index is 0.0296. The van der Waals surface area contributed by atoms with Crippen LogP contribution in [0.3, 0.4) is 0 Å². The second-order valence-corrected chi connectivity index (χ2v) is 34.3. The molecule has 4 aliphatic rings. The largest absolute Gasteiger partial charge is 0.480 e. The summed E-state index contributed by atoms with van der Waals surface area (Å²) in [6, 6.07) is 32.8. The molecule has 4 N–H and O–H groups in total. The van der Waals surface area contributed by atoms with Crippen LogP contribution in [0.15, 0.2) is 147 Å². The molecule has 4 fully saturated rings. The van der Waals surface area contributed by atoms with E-state index in [1.807, 2.05) is 153 Å². The van der Waals surface area contributed by atoms with Crippen molar-refractivity contribution in [3.63, 3.8) is 0 Å². The topological polar surface area (TPSA) is 365 Å². The highest BCUT2D eigenvalue weighted by molar-refractivity contribution is 6.34. The number of aromatic nitrogens is 11. The van der Waals surface area contributed by atoms with Crippen molar-refractivity contribution >= 4 is 189 Å². The number of hydrogen-bond acceptors (Lipinski definition) is 29. The first-order valence-electron chi connectivity index (χ1n) is 48.3. The fourth-order valence-corrected chi connectivity index (χ4v) is 15.9. The highest BCUT2D eigenvalue weighted by atomic mass is 35.5. The minimum atomic E-state index is -0.313. The van der Waals surface area contributed by atoms with Crippen LogP contribution >= 0.6 is 46.4 Å². The Morgan fingerprint density at radius 1 is 0.336 bits per heavy atom. The van der Waals surface area contributed by atoms with Crippen molar-refractivity contribution in [1.82, 2.24) is 58.1 Å². The summed E-state index contributed by atoms with van der Waals surface area (Å²) in [6.45, 7) is 31.4. The van der Waals surface area contributed by atoms with Crippen LogP contribution < -0.4 is 82.1 Å². The van der Waals surface area contributed by atoms with Crippen LogP contribution in [0.1, 0.15) is 173 Å². The standard InChI is InChI=1S/C24H29ClN6O3.C24H28ClN5O3.C24H27ClN4O3.C23H24ClN5O4.4C2H6/c1-4-5-18(32)15-34-21-13-16-12-17(6-7-20(16)30(3)23(21)33)27-22-19(25)14-26-24(28-22)31-10-8-29(2)9-11-31;1-3-7-18(31)15-33-21-13-16-12-17(8-9-20(16)29(2)23(21)32)27-22-19(25)14-26-24(28-22)30-10-5-4-6-11-30;1-3-18(30)15-32-21-14-16-13-17(7-9-20(16)28(2)24(21)31)26-23-19(25)8-10-22(27-23)29-11-5-4-6-12-29;1-3-16(30)13-33-20-10-14-9-15(6-7-19(14)28(2)22(20)32)26-21-18(24)11-25-23(27-21)29-8-4-5-17(31)12-29;4*1-2/h6-7,12-14H,4-5,8-11,15H2,1-3H3,(H,26,27,28);8-9,12-14H,3-7,10-11,15H2,1-2H3,(H,26,27,28);7-10,13-14H,3-6,11-12,15H2,1-2H3,(H,26,27);6-7,9-11H,3-5,8,12-13H2,1-2H3,(H,25,26,27);4*1-2H3. The third-order valence-corrected chi connectivity index (χ3v) is 24.0. The van der Waals surface area contributed by atoms with Gasteiger partial charge in [0.15, 0.2) is 75.2 Å². The normalized spacial score (nSPS) is 13.4. The van der Waals surface area contributed by atoms with Crippen LogP contribution in [0.4, 0.5) is 69.7 Å². The van der Waals surface area contributed by atoms with Crippen molar-refractivity contribution in [3.8, 4) is 23.0 Å². The van der Waals surface area contributed by atoms with Crippen molar-refractivity contribution in [2.75, 3.05) is 140 Å². The molecule has 4 aliphatic heterocycles. The summed E-state index contributed by atoms with van der Waals surface area (Å²) in [5.74, 6) is 5.21. The van der Waals surface area contributed by atoms with Gasteiger partial charge in [-0.3, -0.25) is 43.2 Å². The van der Waals surface area contributed by atoms with E-state index in [1.165, 1.54) is 50.1 Å². The summed E-state index contributed by atoms with van der Waals surface area (Å²) in [5, 5.41) is 17.9. The Morgan fingerprint density at radius 2 is 0.636 bits per heavy atom. The quantitative estimate of drug-likeness (QED) is 0.0325. The van der Waals surface area contributed by atoms with E-state index in [0.29, 0.717) is 111 Å². The van der Waals surface area contributed by atoms with Crippen molar-refractivity contribution in [1.29, 1.82) is 0 Å². The van der Waals surface area contributed by atoms with Gasteiger partial charge in [-0.05, 0) is 174 Å². The number of pyridine rings is 5. The molecule has 12 heterocycles. The van der Waals surface area contributed by atoms with Crippen LogP contribution in [-0.2, 0) is 52.2 Å². The van der Waals surface area contributed by atoms with Gasteiger partial charge in [-0.25, -0.2) is 19.9 Å². The first-order valence-corrected chi connectivity index (χ1v) is 49.8. The third kappa shape index (κ3) is 30.1. The van der Waals surface area contributed by atoms with E-state index in [-0.39, 0.29) is 107 Å². The van der Waals surface area contributed by atoms with Crippen molar-refractivity contribution < 1.29 is 42.9 Å². The first kappa shape index (κ1) is 111. The van der Waals surface area contributed by atoms with E-state index in [4.69, 9.17) is 70.3 Å². The second-order valence-electron chi connectivity index (χ2n) is 32.7. The number of nitrogens with one attached hydrogen (secondary N) is 4. The molecular formula is C103H132Cl4N20O13. The van der Waals surface area contributed by atoms with Crippen LogP contribution in [0.25, 0.3) is 43.6 Å². The van der Waals surface area contributed by atoms with Gasteiger partial charge in [0, 0.05) is 163 Å². The zero-order chi connectivity index (χ0) is 102. The molecule has 37 heteroatoms. The molecule has 0 amide bonds. The predicted octanol–water partition coefficient (Wildman–Crippen LogP) is 19.7. The molecule has 0 bridgehead atoms. The van der Waals surface area contributed by atoms with Gasteiger partial charge in [0.1, 0.15) is 47.3 Å². The second kappa shape index (κ2) is 55.2. The molecule has 8 aromatic heterocycles. The molecule has 0 saturated carbocycles. The highest BCUT2D eigenvalue weighted by Crippen LogP contribution is 2.35. The van der Waals surface area contributed by atoms with Crippen molar-refractivity contribution in [3.05, 3.63) is 189 Å². The molecular weight excluding hydrogens is 1870 g/mol. The lowest BCUT2D eigenvalue weighted by Crippen LogP contribution is -2.45. The summed E-state index contributed by atoms with van der Waals surface area (Å²) < 4.78 is 28.1. The lowest BCUT2D eigenvalue weighted by molar-refractivity contribution is -0.121. The average molecular weight is 2000 g/mol. The van der Waals surface area contributed by atoms with Crippen molar-refractivity contribution in [2.45, 2.75) is 173 Å². The van der Waals surface area contributed by atoms with E-state index < -0.39 is 0 Å². The predicted molar refractivity (Wildman–Crippen MR) is 566 cm³/mol. The molecule has 4 aromatic carbocycles. The number of carbonyl (C=O) groups is 5. The maximum atomic E-state index is 12.7. The zero-order valence-corrected chi connectivity index (χ0v) is 86.4. The van der Waals surface area contributed by atoms with Gasteiger partial charge in [-0.1, -0.05) is 129 Å². The maximum Gasteiger partial charge on any atom is 0.293 e. The van der Waals surface area contributed by atoms with Gasteiger partial charge in [-0.15, -0.1) is 0 Å². The number of nitrogens with zero attached hydrogens (tertiary/aromatic N) is 16. The zero-order valence-electron chi connectivity index (χ0n) is 83.4. The number of piperidine rings is 3. The van der Waals surface area contributed by atoms with Crippen LogP contribution in [0.5, 0.6) is 23.0 Å². The van der Waals surface area contributed by atoms with Crippen LogP contribution in [0.2, 0.25) is 20.1 Å². The minimum Gasteiger partial charge on any atom is -0.480 e. The van der Waals surface area contributed by atoms with Crippen LogP contribution in [0, 0.1) is 0 Å². The maximum absolute atomic E-state index is 12.7. The van der Waals surface area contributed by atoms with Crippen LogP contribution in [-0.4, -0.2) is 186 Å². The fraction of sp³-hybridized carbons (Fsp3) is 0.437. The van der Waals surface area contributed by atoms with Gasteiger partial charge >= 0.3 is 0 Å². The third-order valence-electron chi connectivity index (χ3n) is 22.9. The van der Waals surface area contributed by atoms with E-state index in [2.05, 4.69) is 77.8 Å². The molecule has 0 unspecified atom stereocenters. The Labute approximate surface area is 837 Å². The number of anilines is 12. The molecule has 140 heavy (non-hydrogen) atoms. The SMILES string of the molecule is CC.CC.CC.CC.CCC(=O)COc1cc2cc(Nc3nc(N4CCCC(=O)C4)ncc3Cl)ccc2n(C)c1=O.CCC(=O)COc1cc2cc(Nc3nc(N4CCCCC4)ccc3Cl)ccc2n(C)c1=O.CCCC(=O)COc1cc2cc(Nc3nc(N4CCCCC4)ncc3Cl)ccc2n(C)c1=O.CCCC(=O)COc1cc2cc(Nc3nc(N4CCN(C)CC4)ncc3Cl)ccc2n(C)c1=O. The highest BCUT2D eigenvalue weighted by Gasteiger charge is 2.25. The Morgan fingerprint density at radius 3 is 0.957 bits per heavy atom. The first-order chi connectivity index (χ1) is 67.6. The van der Waals surface area contributed by atoms with Gasteiger partial charge in [0.2, 0.25) is 17.8 Å². The summed E-state index contributed by atoms with van der Waals surface area (Å²) >= 11 is 25.5. The number of rotatable bonds is 30. The number of carbonyl (C=O) groups excluding carboxylic acids is 5. The number of likely N-dealkylation sites (N-methyl/N-ethyl adjacent to an activating group) is 1. The van der Waals surface area contributed by atoms with Gasteiger partial charge < -0.3 is 83.0 Å². The molecule has 0 spiro atoms. The number of halogens is 4. The Balaban J connectivity index is 0.000000204. The van der Waals surface area contributed by atoms with Gasteiger partial charge in [0.05, 0.1) is 52.2 Å². The molecule has 0 aliphatic carbocycles.